The molecule has 5 aliphatic rings. The van der Waals surface area contributed by atoms with E-state index in [1.807, 2.05) is 13.8 Å². The van der Waals surface area contributed by atoms with Gasteiger partial charge in [0, 0.05) is 66.7 Å². The minimum absolute atomic E-state index is 0.121. The molecule has 302 valence electrons. The second kappa shape index (κ2) is 13.5. The molecule has 7 heterocycles. The van der Waals surface area contributed by atoms with E-state index in [-0.39, 0.29) is 11.5 Å². The molecule has 9 rings (SSSR count). The third-order valence-electron chi connectivity index (χ3n) is 12.6. The number of nitrogens with two attached hydrogens (primary N) is 1. The maximum Gasteiger partial charge on any atom is 0.575 e. The zero-order valence-electron chi connectivity index (χ0n) is 32.0. The van der Waals surface area contributed by atoms with Crippen LogP contribution >= 0.6 is 11.3 Å². The first-order valence-electron chi connectivity index (χ1n) is 19.5. The summed E-state index contributed by atoms with van der Waals surface area (Å²) in [5.74, 6) is 2.24. The molecular formula is C37H44F3N13O3S. The summed E-state index contributed by atoms with van der Waals surface area (Å²) in [6.45, 7) is 9.73. The van der Waals surface area contributed by atoms with Crippen molar-refractivity contribution in [2.75, 3.05) is 54.8 Å². The highest BCUT2D eigenvalue weighted by Crippen LogP contribution is 2.55. The van der Waals surface area contributed by atoms with Gasteiger partial charge in [0.25, 0.3) is 0 Å². The van der Waals surface area contributed by atoms with Crippen molar-refractivity contribution in [3.63, 3.8) is 0 Å². The monoisotopic (exact) mass is 807 g/mol. The van der Waals surface area contributed by atoms with Gasteiger partial charge in [-0.25, -0.2) is 4.79 Å². The fourth-order valence-electron chi connectivity index (χ4n) is 9.85. The Morgan fingerprint density at radius 3 is 2.61 bits per heavy atom. The highest BCUT2D eigenvalue weighted by atomic mass is 32.1. The number of nitriles is 1. The number of halogens is 3. The van der Waals surface area contributed by atoms with Gasteiger partial charge in [-0.1, -0.05) is 11.6 Å². The van der Waals surface area contributed by atoms with Gasteiger partial charge in [-0.15, -0.1) is 29.6 Å². The van der Waals surface area contributed by atoms with Gasteiger partial charge in [-0.05, 0) is 77.7 Å². The predicted molar refractivity (Wildman–Crippen MR) is 202 cm³/mol. The van der Waals surface area contributed by atoms with E-state index in [0.29, 0.717) is 66.6 Å². The molecule has 16 nitrogen and oxygen atoms in total. The van der Waals surface area contributed by atoms with Crippen LogP contribution in [0.4, 0.5) is 34.9 Å². The number of rotatable bonds is 4. The number of nitrogens with zero attached hydrogens (tertiary/aromatic N) is 11. The van der Waals surface area contributed by atoms with E-state index in [4.69, 9.17) is 25.2 Å². The number of carbonyl (C=O) groups excluding carboxylic acids is 1. The second-order valence-electron chi connectivity index (χ2n) is 16.8. The summed E-state index contributed by atoms with van der Waals surface area (Å²) >= 11 is 1.51. The highest BCUT2D eigenvalue weighted by molar-refractivity contribution is 7.16. The Balaban J connectivity index is 1.04. The molecule has 4 aromatic rings. The maximum atomic E-state index is 13.8. The molecule has 57 heavy (non-hydrogen) atoms. The van der Waals surface area contributed by atoms with Crippen LogP contribution in [-0.4, -0.2) is 103 Å². The molecule has 2 spiro atoms. The first-order valence-corrected chi connectivity index (χ1v) is 20.3. The number of piperazine rings is 1. The molecule has 0 aromatic carbocycles. The Morgan fingerprint density at radius 2 is 1.86 bits per heavy atom. The van der Waals surface area contributed by atoms with Crippen molar-refractivity contribution in [1.29, 1.82) is 5.26 Å². The van der Waals surface area contributed by atoms with Crippen molar-refractivity contribution in [2.45, 2.75) is 102 Å². The number of hydrogen-bond acceptors (Lipinski definition) is 15. The van der Waals surface area contributed by atoms with Crippen molar-refractivity contribution in [3.05, 3.63) is 33.7 Å². The van der Waals surface area contributed by atoms with Crippen LogP contribution in [0.2, 0.25) is 0 Å². The highest BCUT2D eigenvalue weighted by Gasteiger charge is 2.52. The molecule has 0 bridgehead atoms. The fourth-order valence-corrected chi connectivity index (χ4v) is 11.0. The SMILES string of the molecule is C[C@H]1CNCCN1c1nc(-c2noc3c2CCC[C@@]32CCCc3sc(N)c(C#N)c32)nc(N2CC3(CCCC(C)(C)N(C(=O)n4cnc(OC(F)(F)F)n4)C3)C2)n1. The van der Waals surface area contributed by atoms with E-state index < -0.39 is 29.4 Å². The molecule has 0 radical (unpaired) electrons. The lowest BCUT2D eigenvalue weighted by Gasteiger charge is -2.52. The van der Waals surface area contributed by atoms with Gasteiger partial charge in [0.05, 0.1) is 11.0 Å². The van der Waals surface area contributed by atoms with Crippen molar-refractivity contribution >= 4 is 34.3 Å². The molecule has 1 amide bonds. The van der Waals surface area contributed by atoms with Crippen LogP contribution in [0.5, 0.6) is 6.01 Å². The normalized spacial score (nSPS) is 24.1. The van der Waals surface area contributed by atoms with Gasteiger partial charge in [-0.2, -0.15) is 29.9 Å². The summed E-state index contributed by atoms with van der Waals surface area (Å²) in [5, 5.41) is 22.5. The molecule has 20 heteroatoms. The number of ether oxygens (including phenoxy) is 1. The van der Waals surface area contributed by atoms with E-state index >= 15 is 0 Å². The molecular weight excluding hydrogens is 764 g/mol. The average Bonchev–Trinajstić information content (AvgIpc) is 3.86. The van der Waals surface area contributed by atoms with Crippen molar-refractivity contribution in [3.8, 4) is 23.6 Å². The van der Waals surface area contributed by atoms with Crippen LogP contribution < -0.4 is 25.6 Å². The maximum absolute atomic E-state index is 13.8. The number of nitrogen functional groups attached to an aromatic ring is 1. The first-order chi connectivity index (χ1) is 27.2. The van der Waals surface area contributed by atoms with Gasteiger partial charge < -0.3 is 35.0 Å². The van der Waals surface area contributed by atoms with Crippen molar-refractivity contribution < 1.29 is 27.2 Å². The number of carbonyl (C=O) groups is 1. The van der Waals surface area contributed by atoms with Crippen LogP contribution in [0.15, 0.2) is 10.9 Å². The zero-order chi connectivity index (χ0) is 39.9. The second-order valence-corrected chi connectivity index (χ2v) is 17.9. The van der Waals surface area contributed by atoms with Gasteiger partial charge in [0.2, 0.25) is 11.9 Å². The smallest absolute Gasteiger partial charge is 0.389 e. The third-order valence-corrected chi connectivity index (χ3v) is 13.7. The lowest BCUT2D eigenvalue weighted by atomic mass is 9.63. The lowest BCUT2D eigenvalue weighted by Crippen LogP contribution is -2.63. The molecule has 3 fully saturated rings. The predicted octanol–water partition coefficient (Wildman–Crippen LogP) is 5.03. The lowest BCUT2D eigenvalue weighted by molar-refractivity contribution is -0.277. The average molecular weight is 808 g/mol. The van der Waals surface area contributed by atoms with Gasteiger partial charge in [0.15, 0.2) is 17.3 Å². The molecule has 3 aliphatic heterocycles. The summed E-state index contributed by atoms with van der Waals surface area (Å²) in [7, 11) is 0. The molecule has 4 aromatic heterocycles. The van der Waals surface area contributed by atoms with E-state index in [1.165, 1.54) is 11.3 Å². The summed E-state index contributed by atoms with van der Waals surface area (Å²) in [4.78, 5) is 39.7. The van der Waals surface area contributed by atoms with Gasteiger partial charge in [0.1, 0.15) is 17.4 Å². The quantitative estimate of drug-likeness (QED) is 0.279. The van der Waals surface area contributed by atoms with E-state index in [0.717, 1.165) is 97.2 Å². The number of nitrogens with one attached hydrogen (secondary N) is 1. The number of thiophene rings is 1. The molecule has 3 saturated heterocycles. The number of aromatic nitrogens is 7. The molecule has 3 N–H and O–H groups in total. The number of aryl methyl sites for hydroxylation is 1. The van der Waals surface area contributed by atoms with Crippen LogP contribution in [-0.2, 0) is 18.3 Å². The summed E-state index contributed by atoms with van der Waals surface area (Å²) in [5.41, 5.74) is 8.05. The van der Waals surface area contributed by atoms with Crippen LogP contribution in [0, 0.1) is 16.7 Å². The minimum atomic E-state index is -4.98. The number of fused-ring (bicyclic) bond motifs is 4. The third kappa shape index (κ3) is 6.42. The number of anilines is 3. The molecule has 2 atom stereocenters. The topological polar surface area (TPSA) is 193 Å². The Kier molecular flexibility index (Phi) is 8.91. The Bertz CT molecular complexity index is 2250. The minimum Gasteiger partial charge on any atom is -0.389 e. The zero-order valence-corrected chi connectivity index (χ0v) is 32.8. The van der Waals surface area contributed by atoms with E-state index in [1.54, 1.807) is 4.90 Å². The van der Waals surface area contributed by atoms with E-state index in [2.05, 4.69) is 48.1 Å². The summed E-state index contributed by atoms with van der Waals surface area (Å²) < 4.78 is 49.5. The van der Waals surface area contributed by atoms with Gasteiger partial charge >= 0.3 is 18.4 Å². The number of likely N-dealkylation sites (tertiary alicyclic amines) is 1. The summed E-state index contributed by atoms with van der Waals surface area (Å²) in [6.07, 6.45) is 3.45. The number of hydrogen-bond donors (Lipinski definition) is 2. The molecule has 0 saturated carbocycles. The van der Waals surface area contributed by atoms with Crippen LogP contribution in [0.1, 0.15) is 93.0 Å². The fraction of sp³-hybridized carbons (Fsp3) is 0.622. The van der Waals surface area contributed by atoms with Crippen molar-refractivity contribution in [2.24, 2.45) is 5.41 Å². The largest absolute Gasteiger partial charge is 0.575 e. The Labute approximate surface area is 330 Å². The number of alkyl halides is 3. The summed E-state index contributed by atoms with van der Waals surface area (Å²) in [6, 6.07) is 0.990. The van der Waals surface area contributed by atoms with E-state index in [9.17, 15) is 23.2 Å². The van der Waals surface area contributed by atoms with Crippen LogP contribution in [0.25, 0.3) is 11.5 Å². The number of amides is 1. The van der Waals surface area contributed by atoms with Crippen molar-refractivity contribution in [1.82, 2.24) is 45.1 Å². The van der Waals surface area contributed by atoms with Gasteiger partial charge in [-0.3, -0.25) is 0 Å². The first kappa shape index (κ1) is 37.5. The standard InChI is InChI=1S/C37H44F3N13O3S/c1-21-16-43-13-14-51(21)31-46-29(26-22-7-4-11-36(27(22)56-49-26)12-5-8-24-25(36)23(15-41)28(42)57-24)45-30(47-31)50-17-35(18-50)10-6-9-34(2,3)52(19-35)33(54)53-20-44-32(48-53)55-37(38,39)40/h20-21,43H,4-14,16-19,42H2,1-3H3/t21-,36-/m0/s1. The Hall–Kier alpha value is -5.03. The Morgan fingerprint density at radius 1 is 1.09 bits per heavy atom. The molecule has 2 aliphatic carbocycles. The molecule has 0 unspecified atom stereocenters. The van der Waals surface area contributed by atoms with Crippen LogP contribution in [0.3, 0.4) is 0 Å².